The first-order valence-electron chi connectivity index (χ1n) is 6.28. The maximum atomic E-state index is 13.6. The van der Waals surface area contributed by atoms with E-state index in [1.54, 1.807) is 6.07 Å². The summed E-state index contributed by atoms with van der Waals surface area (Å²) in [7, 11) is 0. The van der Waals surface area contributed by atoms with E-state index in [0.29, 0.717) is 0 Å². The summed E-state index contributed by atoms with van der Waals surface area (Å²) < 4.78 is 116. The van der Waals surface area contributed by atoms with Crippen molar-refractivity contribution < 1.29 is 39.5 Å². The van der Waals surface area contributed by atoms with Gasteiger partial charge in [-0.15, -0.1) is 0 Å². The average molecular weight is 362 g/mol. The lowest BCUT2D eigenvalue weighted by atomic mass is 9.91. The lowest BCUT2D eigenvalue weighted by Crippen LogP contribution is -2.61. The van der Waals surface area contributed by atoms with Gasteiger partial charge in [-0.1, -0.05) is 43.5 Å². The molecule has 9 heteroatoms. The van der Waals surface area contributed by atoms with Gasteiger partial charge in [-0.2, -0.15) is 39.5 Å². The summed E-state index contributed by atoms with van der Waals surface area (Å²) in [6.45, 7) is 5.88. The fraction of sp³-hybridized carbons (Fsp3) is 0.333. The molecule has 0 N–H and O–H groups in total. The molecule has 1 aromatic carbocycles. The molecule has 0 spiro atoms. The van der Waals surface area contributed by atoms with Crippen LogP contribution in [0.3, 0.4) is 0 Å². The van der Waals surface area contributed by atoms with Crippen LogP contribution in [0.1, 0.15) is 12.0 Å². The van der Waals surface area contributed by atoms with Crippen LogP contribution in [-0.2, 0) is 0 Å². The summed E-state index contributed by atoms with van der Waals surface area (Å²) in [5.41, 5.74) is -1.77. The molecule has 0 fully saturated rings. The SMILES string of the molecule is C=C(CC(=C)C(F)(F)C(F)(F)C(F)(F)C(F)(F)F)c1ccccc1. The number of halogens is 9. The molecule has 0 atom stereocenters. The molecule has 0 unspecified atom stereocenters. The van der Waals surface area contributed by atoms with Crippen LogP contribution in [0.25, 0.3) is 5.57 Å². The van der Waals surface area contributed by atoms with E-state index in [-0.39, 0.29) is 11.1 Å². The highest BCUT2D eigenvalue weighted by Crippen LogP contribution is 2.55. The Morgan fingerprint density at radius 2 is 1.21 bits per heavy atom. The topological polar surface area (TPSA) is 0 Å². The Balaban J connectivity index is 3.10. The van der Waals surface area contributed by atoms with Crippen molar-refractivity contribution in [1.82, 2.24) is 0 Å². The van der Waals surface area contributed by atoms with Gasteiger partial charge in [0.2, 0.25) is 0 Å². The third-order valence-corrected chi connectivity index (χ3v) is 3.20. The molecular weight excluding hydrogens is 351 g/mol. The zero-order chi connectivity index (χ0) is 19.0. The normalized spacial score (nSPS) is 13.7. The molecule has 0 heterocycles. The maximum absolute atomic E-state index is 13.6. The quantitative estimate of drug-likeness (QED) is 0.423. The van der Waals surface area contributed by atoms with Crippen LogP contribution in [0, 0.1) is 0 Å². The smallest absolute Gasteiger partial charge is 0.194 e. The van der Waals surface area contributed by atoms with Crippen LogP contribution >= 0.6 is 0 Å². The van der Waals surface area contributed by atoms with Crippen LogP contribution in [-0.4, -0.2) is 23.9 Å². The second-order valence-electron chi connectivity index (χ2n) is 4.97. The average Bonchev–Trinajstić information content (AvgIpc) is 2.46. The van der Waals surface area contributed by atoms with Crippen LogP contribution in [0.4, 0.5) is 39.5 Å². The minimum Gasteiger partial charge on any atom is -0.194 e. The van der Waals surface area contributed by atoms with E-state index >= 15 is 0 Å². The second kappa shape index (κ2) is 6.18. The van der Waals surface area contributed by atoms with Crippen LogP contribution < -0.4 is 0 Å². The number of benzene rings is 1. The van der Waals surface area contributed by atoms with Crippen molar-refractivity contribution in [2.45, 2.75) is 30.4 Å². The zero-order valence-corrected chi connectivity index (χ0v) is 11.9. The Morgan fingerprint density at radius 3 is 1.62 bits per heavy atom. The first-order chi connectivity index (χ1) is 10.7. The molecule has 0 saturated heterocycles. The lowest BCUT2D eigenvalue weighted by molar-refractivity contribution is -0.389. The highest BCUT2D eigenvalue weighted by atomic mass is 19.4. The molecule has 0 saturated carbocycles. The minimum absolute atomic E-state index is 0.189. The van der Waals surface area contributed by atoms with E-state index in [1.807, 2.05) is 0 Å². The standard InChI is InChI=1S/C15H11F9/c1-9(11-6-4-3-5-7-11)8-10(2)12(16,17)13(18,19)14(20,21)15(22,23)24/h3-7H,1-2,8H2. The van der Waals surface area contributed by atoms with Crippen molar-refractivity contribution in [1.29, 1.82) is 0 Å². The van der Waals surface area contributed by atoms with Crippen molar-refractivity contribution in [3.05, 3.63) is 54.6 Å². The molecule has 24 heavy (non-hydrogen) atoms. The fourth-order valence-electron chi connectivity index (χ4n) is 1.74. The summed E-state index contributed by atoms with van der Waals surface area (Å²) in [6.07, 6.45) is -7.93. The van der Waals surface area contributed by atoms with Gasteiger partial charge in [0.05, 0.1) is 0 Å². The van der Waals surface area contributed by atoms with Gasteiger partial charge in [0, 0.05) is 5.57 Å². The van der Waals surface area contributed by atoms with Crippen molar-refractivity contribution >= 4 is 5.57 Å². The van der Waals surface area contributed by atoms with E-state index in [0.717, 1.165) is 0 Å². The van der Waals surface area contributed by atoms with E-state index in [4.69, 9.17) is 0 Å². The van der Waals surface area contributed by atoms with E-state index in [9.17, 15) is 39.5 Å². The van der Waals surface area contributed by atoms with Gasteiger partial charge >= 0.3 is 23.9 Å². The summed E-state index contributed by atoms with van der Waals surface area (Å²) in [4.78, 5) is 0. The van der Waals surface area contributed by atoms with Crippen LogP contribution in [0.5, 0.6) is 0 Å². The number of alkyl halides is 9. The van der Waals surface area contributed by atoms with Crippen LogP contribution in [0.15, 0.2) is 49.1 Å². The summed E-state index contributed by atoms with van der Waals surface area (Å²) in [5, 5.41) is 0. The van der Waals surface area contributed by atoms with Crippen molar-refractivity contribution in [2.75, 3.05) is 0 Å². The third kappa shape index (κ3) is 3.29. The van der Waals surface area contributed by atoms with E-state index < -0.39 is 35.9 Å². The van der Waals surface area contributed by atoms with Gasteiger partial charge in [-0.25, -0.2) is 0 Å². The number of hydrogen-bond donors (Lipinski definition) is 0. The Hall–Kier alpha value is -1.93. The Morgan fingerprint density at radius 1 is 0.750 bits per heavy atom. The van der Waals surface area contributed by atoms with Gasteiger partial charge in [-0.05, 0) is 17.6 Å². The monoisotopic (exact) mass is 362 g/mol. The Kier molecular flexibility index (Phi) is 5.18. The minimum atomic E-state index is -6.93. The lowest BCUT2D eigenvalue weighted by Gasteiger charge is -2.34. The number of hydrogen-bond acceptors (Lipinski definition) is 0. The summed E-state index contributed by atoms with van der Waals surface area (Å²) in [6, 6.07) is 7.23. The van der Waals surface area contributed by atoms with Gasteiger partial charge in [0.25, 0.3) is 0 Å². The molecule has 0 aromatic heterocycles. The molecule has 0 aliphatic rings. The van der Waals surface area contributed by atoms with Gasteiger partial charge in [0.15, 0.2) is 0 Å². The molecule has 0 aliphatic heterocycles. The predicted octanol–water partition coefficient (Wildman–Crippen LogP) is 6.11. The zero-order valence-electron chi connectivity index (χ0n) is 11.9. The molecule has 1 rings (SSSR count). The Labute approximate surface area is 131 Å². The molecule has 0 nitrogen and oxygen atoms in total. The molecule has 0 amide bonds. The van der Waals surface area contributed by atoms with E-state index in [1.165, 1.54) is 24.3 Å². The highest BCUT2D eigenvalue weighted by Gasteiger charge is 2.82. The van der Waals surface area contributed by atoms with Crippen molar-refractivity contribution in [3.63, 3.8) is 0 Å². The summed E-state index contributed by atoms with van der Waals surface area (Å²) >= 11 is 0. The first-order valence-corrected chi connectivity index (χ1v) is 6.28. The Bertz CT molecular complexity index is 612. The van der Waals surface area contributed by atoms with Gasteiger partial charge in [-0.3, -0.25) is 0 Å². The largest absolute Gasteiger partial charge is 0.460 e. The second-order valence-corrected chi connectivity index (χ2v) is 4.97. The fourth-order valence-corrected chi connectivity index (χ4v) is 1.74. The molecule has 134 valence electrons. The van der Waals surface area contributed by atoms with Gasteiger partial charge < -0.3 is 0 Å². The molecule has 0 radical (unpaired) electrons. The summed E-state index contributed by atoms with van der Waals surface area (Å²) in [5.74, 6) is -19.4. The van der Waals surface area contributed by atoms with Crippen molar-refractivity contribution in [3.8, 4) is 0 Å². The van der Waals surface area contributed by atoms with Crippen LogP contribution in [0.2, 0.25) is 0 Å². The number of rotatable bonds is 6. The predicted molar refractivity (Wildman–Crippen MR) is 70.1 cm³/mol. The molecule has 1 aromatic rings. The molecular formula is C15H11F9. The highest BCUT2D eigenvalue weighted by molar-refractivity contribution is 5.65. The molecule has 0 aliphatic carbocycles. The van der Waals surface area contributed by atoms with Gasteiger partial charge in [0.1, 0.15) is 0 Å². The van der Waals surface area contributed by atoms with Crippen molar-refractivity contribution in [2.24, 2.45) is 0 Å². The third-order valence-electron chi connectivity index (χ3n) is 3.20. The first kappa shape index (κ1) is 20.1. The molecule has 0 bridgehead atoms. The maximum Gasteiger partial charge on any atom is 0.460 e. The van der Waals surface area contributed by atoms with E-state index in [2.05, 4.69) is 13.2 Å². The number of allylic oxidation sites excluding steroid dienone is 2.